The zero-order valence-electron chi connectivity index (χ0n) is 9.93. The highest BCUT2D eigenvalue weighted by Gasteiger charge is 2.06. The summed E-state index contributed by atoms with van der Waals surface area (Å²) in [5.41, 5.74) is 3.27. The Kier molecular flexibility index (Phi) is 3.81. The maximum atomic E-state index is 10.5. The lowest BCUT2D eigenvalue weighted by atomic mass is 10.0. The van der Waals surface area contributed by atoms with E-state index in [2.05, 4.69) is 21.0 Å². The molecule has 0 saturated carbocycles. The topological polar surface area (TPSA) is 55.1 Å². The molecule has 0 saturated heterocycles. The number of carboxylic acids is 1. The van der Waals surface area contributed by atoms with Gasteiger partial charge in [-0.15, -0.1) is 0 Å². The van der Waals surface area contributed by atoms with Crippen LogP contribution in [0.15, 0.2) is 35.1 Å². The SMILES string of the molecule is Cc1cc(Br)ccc1-c1cnn(CCC(=O)O)c1. The lowest BCUT2D eigenvalue weighted by Crippen LogP contribution is -2.04. The summed E-state index contributed by atoms with van der Waals surface area (Å²) < 4.78 is 2.70. The lowest BCUT2D eigenvalue weighted by molar-refractivity contribution is -0.137. The zero-order chi connectivity index (χ0) is 13.1. The molecule has 1 aromatic heterocycles. The minimum absolute atomic E-state index is 0.0838. The summed E-state index contributed by atoms with van der Waals surface area (Å²) >= 11 is 3.43. The average molecular weight is 309 g/mol. The highest BCUT2D eigenvalue weighted by atomic mass is 79.9. The predicted molar refractivity (Wildman–Crippen MR) is 72.4 cm³/mol. The van der Waals surface area contributed by atoms with Crippen LogP contribution in [0.1, 0.15) is 12.0 Å². The maximum Gasteiger partial charge on any atom is 0.305 e. The predicted octanol–water partition coefficient (Wildman–Crippen LogP) is 3.10. The number of benzene rings is 1. The van der Waals surface area contributed by atoms with Gasteiger partial charge in [-0.3, -0.25) is 9.48 Å². The number of aryl methyl sites for hydroxylation is 2. The molecule has 0 bridgehead atoms. The molecular weight excluding hydrogens is 296 g/mol. The Hall–Kier alpha value is -1.62. The molecule has 1 heterocycles. The average Bonchev–Trinajstić information content (AvgIpc) is 2.75. The molecule has 5 heteroatoms. The summed E-state index contributed by atoms with van der Waals surface area (Å²) in [7, 11) is 0. The molecule has 0 unspecified atom stereocenters. The minimum Gasteiger partial charge on any atom is -0.481 e. The molecule has 0 radical (unpaired) electrons. The molecule has 18 heavy (non-hydrogen) atoms. The van der Waals surface area contributed by atoms with Gasteiger partial charge in [0.05, 0.1) is 19.2 Å². The summed E-state index contributed by atoms with van der Waals surface area (Å²) in [5.74, 6) is -0.813. The molecule has 0 aliphatic heterocycles. The fourth-order valence-corrected chi connectivity index (χ4v) is 2.26. The van der Waals surface area contributed by atoms with E-state index in [4.69, 9.17) is 5.11 Å². The molecule has 0 fully saturated rings. The number of carbonyl (C=O) groups is 1. The Bertz CT molecular complexity index is 578. The summed E-state index contributed by atoms with van der Waals surface area (Å²) in [6.07, 6.45) is 3.72. The summed E-state index contributed by atoms with van der Waals surface area (Å²) in [4.78, 5) is 10.5. The van der Waals surface area contributed by atoms with Crippen molar-refractivity contribution in [2.24, 2.45) is 0 Å². The van der Waals surface area contributed by atoms with E-state index in [-0.39, 0.29) is 6.42 Å². The molecule has 1 N–H and O–H groups in total. The van der Waals surface area contributed by atoms with Crippen molar-refractivity contribution in [3.05, 3.63) is 40.6 Å². The first-order valence-corrected chi connectivity index (χ1v) is 6.36. The first kappa shape index (κ1) is 12.8. The number of aliphatic carboxylic acids is 1. The Balaban J connectivity index is 2.21. The van der Waals surface area contributed by atoms with Crippen molar-refractivity contribution in [1.82, 2.24) is 9.78 Å². The van der Waals surface area contributed by atoms with Crippen LogP contribution in [0.4, 0.5) is 0 Å². The molecular formula is C13H13BrN2O2. The highest BCUT2D eigenvalue weighted by molar-refractivity contribution is 9.10. The fraction of sp³-hybridized carbons (Fsp3) is 0.231. The number of halogens is 1. The van der Waals surface area contributed by atoms with Gasteiger partial charge in [0.2, 0.25) is 0 Å². The molecule has 0 aliphatic rings. The van der Waals surface area contributed by atoms with Gasteiger partial charge in [-0.05, 0) is 30.2 Å². The van der Waals surface area contributed by atoms with E-state index < -0.39 is 5.97 Å². The van der Waals surface area contributed by atoms with Gasteiger partial charge in [-0.25, -0.2) is 0 Å². The van der Waals surface area contributed by atoms with E-state index in [0.717, 1.165) is 21.2 Å². The number of aromatic nitrogens is 2. The number of rotatable bonds is 4. The Morgan fingerprint density at radius 1 is 1.50 bits per heavy atom. The van der Waals surface area contributed by atoms with Crippen LogP contribution in [-0.4, -0.2) is 20.9 Å². The van der Waals surface area contributed by atoms with E-state index in [1.807, 2.05) is 31.3 Å². The zero-order valence-corrected chi connectivity index (χ0v) is 11.5. The maximum absolute atomic E-state index is 10.5. The molecule has 1 aromatic carbocycles. The first-order valence-electron chi connectivity index (χ1n) is 5.57. The third kappa shape index (κ3) is 2.98. The Morgan fingerprint density at radius 2 is 2.28 bits per heavy atom. The molecule has 2 aromatic rings. The van der Waals surface area contributed by atoms with Gasteiger partial charge < -0.3 is 5.11 Å². The van der Waals surface area contributed by atoms with Crippen LogP contribution in [0.2, 0.25) is 0 Å². The van der Waals surface area contributed by atoms with Crippen molar-refractivity contribution in [1.29, 1.82) is 0 Å². The van der Waals surface area contributed by atoms with Crippen molar-refractivity contribution >= 4 is 21.9 Å². The van der Waals surface area contributed by atoms with E-state index in [1.54, 1.807) is 10.9 Å². The van der Waals surface area contributed by atoms with Crippen LogP contribution < -0.4 is 0 Å². The second kappa shape index (κ2) is 5.35. The van der Waals surface area contributed by atoms with Crippen molar-refractivity contribution in [3.63, 3.8) is 0 Å². The first-order chi connectivity index (χ1) is 8.56. The number of carboxylic acid groups (broad SMARTS) is 1. The van der Waals surface area contributed by atoms with Crippen LogP contribution in [-0.2, 0) is 11.3 Å². The second-order valence-electron chi connectivity index (χ2n) is 4.10. The highest BCUT2D eigenvalue weighted by Crippen LogP contribution is 2.25. The molecule has 0 spiro atoms. The van der Waals surface area contributed by atoms with Crippen molar-refractivity contribution in [2.75, 3.05) is 0 Å². The summed E-state index contributed by atoms with van der Waals surface area (Å²) in [5, 5.41) is 12.8. The smallest absolute Gasteiger partial charge is 0.305 e. The fourth-order valence-electron chi connectivity index (χ4n) is 1.79. The molecule has 2 rings (SSSR count). The van der Waals surface area contributed by atoms with Crippen LogP contribution in [0, 0.1) is 6.92 Å². The van der Waals surface area contributed by atoms with Crippen LogP contribution >= 0.6 is 15.9 Å². The number of nitrogens with zero attached hydrogens (tertiary/aromatic N) is 2. The van der Waals surface area contributed by atoms with Gasteiger partial charge in [0.1, 0.15) is 0 Å². The molecule has 94 valence electrons. The van der Waals surface area contributed by atoms with Crippen LogP contribution in [0.3, 0.4) is 0 Å². The molecule has 0 aliphatic carbocycles. The minimum atomic E-state index is -0.813. The van der Waals surface area contributed by atoms with Gasteiger partial charge in [-0.1, -0.05) is 22.0 Å². The summed E-state index contributed by atoms with van der Waals surface area (Å²) in [6.45, 7) is 2.43. The number of hydrogen-bond donors (Lipinski definition) is 1. The third-order valence-electron chi connectivity index (χ3n) is 2.69. The number of hydrogen-bond acceptors (Lipinski definition) is 2. The largest absolute Gasteiger partial charge is 0.481 e. The summed E-state index contributed by atoms with van der Waals surface area (Å²) in [6, 6.07) is 6.05. The monoisotopic (exact) mass is 308 g/mol. The normalized spacial score (nSPS) is 10.6. The van der Waals surface area contributed by atoms with Crippen LogP contribution in [0.5, 0.6) is 0 Å². The van der Waals surface area contributed by atoms with Gasteiger partial charge >= 0.3 is 5.97 Å². The lowest BCUT2D eigenvalue weighted by Gasteiger charge is -2.03. The second-order valence-corrected chi connectivity index (χ2v) is 5.01. The van der Waals surface area contributed by atoms with Gasteiger partial charge in [0.15, 0.2) is 0 Å². The van der Waals surface area contributed by atoms with E-state index in [0.29, 0.717) is 6.54 Å². The molecule has 4 nitrogen and oxygen atoms in total. The molecule has 0 amide bonds. The van der Waals surface area contributed by atoms with E-state index in [1.165, 1.54) is 0 Å². The third-order valence-corrected chi connectivity index (χ3v) is 3.18. The van der Waals surface area contributed by atoms with E-state index >= 15 is 0 Å². The van der Waals surface area contributed by atoms with Gasteiger partial charge in [0, 0.05) is 16.2 Å². The van der Waals surface area contributed by atoms with Crippen molar-refractivity contribution in [2.45, 2.75) is 19.9 Å². The Labute approximate surface area is 113 Å². The van der Waals surface area contributed by atoms with Gasteiger partial charge in [0.25, 0.3) is 0 Å². The molecule has 0 atom stereocenters. The quantitative estimate of drug-likeness (QED) is 0.944. The van der Waals surface area contributed by atoms with Gasteiger partial charge in [-0.2, -0.15) is 5.10 Å². The van der Waals surface area contributed by atoms with Crippen molar-refractivity contribution in [3.8, 4) is 11.1 Å². The van der Waals surface area contributed by atoms with Crippen LogP contribution in [0.25, 0.3) is 11.1 Å². The standard InChI is InChI=1S/C13H13BrN2O2/c1-9-6-11(14)2-3-12(9)10-7-15-16(8-10)5-4-13(17)18/h2-3,6-8H,4-5H2,1H3,(H,17,18). The van der Waals surface area contributed by atoms with Crippen molar-refractivity contribution < 1.29 is 9.90 Å². The van der Waals surface area contributed by atoms with E-state index in [9.17, 15) is 4.79 Å². The Morgan fingerprint density at radius 3 is 2.94 bits per heavy atom.